The lowest BCUT2D eigenvalue weighted by Crippen LogP contribution is -2.05. The first-order valence-electron chi connectivity index (χ1n) is 11.7. The van der Waals surface area contributed by atoms with Gasteiger partial charge in [0.1, 0.15) is 5.52 Å². The molecule has 2 aromatic carbocycles. The van der Waals surface area contributed by atoms with Crippen LogP contribution in [0, 0.1) is 5.92 Å². The molecule has 0 atom stereocenters. The fourth-order valence-electron chi connectivity index (χ4n) is 3.90. The number of hydrogen-bond acceptors (Lipinski definition) is 4. The average molecular weight is 498 g/mol. The van der Waals surface area contributed by atoms with Crippen molar-refractivity contribution in [3.63, 3.8) is 0 Å². The number of benzene rings is 2. The van der Waals surface area contributed by atoms with Gasteiger partial charge in [0.2, 0.25) is 0 Å². The first-order valence-corrected chi connectivity index (χ1v) is 12.5. The molecule has 0 saturated carbocycles. The molecule has 0 spiro atoms. The largest absolute Gasteiger partial charge is 0.490 e. The Morgan fingerprint density at radius 2 is 1.53 bits per heavy atom. The van der Waals surface area contributed by atoms with Gasteiger partial charge in [-0.1, -0.05) is 56.5 Å². The van der Waals surface area contributed by atoms with Gasteiger partial charge in [0, 0.05) is 28.5 Å². The van der Waals surface area contributed by atoms with Crippen LogP contribution in [0.3, 0.4) is 0 Å². The summed E-state index contributed by atoms with van der Waals surface area (Å²) in [7, 11) is 0. The van der Waals surface area contributed by atoms with Gasteiger partial charge in [-0.15, -0.1) is 0 Å². The molecule has 32 heavy (non-hydrogen) atoms. The molecule has 0 aliphatic heterocycles. The van der Waals surface area contributed by atoms with Crippen molar-refractivity contribution in [1.82, 2.24) is 14.5 Å². The average Bonchev–Trinajstić information content (AvgIpc) is 3.04. The highest BCUT2D eigenvalue weighted by Crippen LogP contribution is 2.35. The zero-order valence-electron chi connectivity index (χ0n) is 19.4. The van der Waals surface area contributed by atoms with Crippen LogP contribution in [0.5, 0.6) is 11.5 Å². The predicted molar refractivity (Wildman–Crippen MR) is 136 cm³/mol. The van der Waals surface area contributed by atoms with E-state index in [9.17, 15) is 0 Å². The maximum atomic E-state index is 6.09. The Kier molecular flexibility index (Phi) is 7.19. The van der Waals surface area contributed by atoms with Crippen LogP contribution in [0.2, 0.25) is 0 Å². The molecule has 0 bridgehead atoms. The Labute approximate surface area is 198 Å². The smallest absolute Gasteiger partial charge is 0.163 e. The van der Waals surface area contributed by atoms with Gasteiger partial charge in [0.25, 0.3) is 0 Å². The Morgan fingerprint density at radius 1 is 0.906 bits per heavy atom. The molecule has 0 N–H and O–H groups in total. The topological polar surface area (TPSA) is 49.2 Å². The number of fused-ring (bicyclic) bond motifs is 4. The van der Waals surface area contributed by atoms with Crippen molar-refractivity contribution < 1.29 is 9.47 Å². The molecule has 4 aromatic rings. The molecular formula is C26H32BrN3O2. The third-order valence-electron chi connectivity index (χ3n) is 5.53. The highest BCUT2D eigenvalue weighted by atomic mass is 79.9. The summed E-state index contributed by atoms with van der Waals surface area (Å²) in [6.45, 7) is 11.0. The Balaban J connectivity index is 1.90. The van der Waals surface area contributed by atoms with Gasteiger partial charge in [0.05, 0.1) is 29.8 Å². The molecule has 0 radical (unpaired) electrons. The van der Waals surface area contributed by atoms with Crippen LogP contribution in [0.1, 0.15) is 53.4 Å². The number of unbranched alkanes of at least 4 members (excludes halogenated alkanes) is 2. The molecule has 0 amide bonds. The lowest BCUT2D eigenvalue weighted by atomic mass is 10.2. The minimum Gasteiger partial charge on any atom is -0.490 e. The monoisotopic (exact) mass is 497 g/mol. The van der Waals surface area contributed by atoms with Gasteiger partial charge in [-0.3, -0.25) is 0 Å². The molecule has 0 aliphatic rings. The molecule has 6 heteroatoms. The summed E-state index contributed by atoms with van der Waals surface area (Å²) in [6.07, 6.45) is 4.19. The van der Waals surface area contributed by atoms with Crippen molar-refractivity contribution in [3.05, 3.63) is 34.8 Å². The lowest BCUT2D eigenvalue weighted by Gasteiger charge is -2.14. The Morgan fingerprint density at radius 3 is 2.12 bits per heavy atom. The second-order valence-electron chi connectivity index (χ2n) is 8.75. The zero-order valence-corrected chi connectivity index (χ0v) is 21.0. The molecule has 0 saturated heterocycles. The summed E-state index contributed by atoms with van der Waals surface area (Å²) < 4.78 is 15.5. The predicted octanol–water partition coefficient (Wildman–Crippen LogP) is 7.51. The molecule has 0 aliphatic carbocycles. The van der Waals surface area contributed by atoms with E-state index >= 15 is 0 Å². The van der Waals surface area contributed by atoms with E-state index in [1.807, 2.05) is 12.1 Å². The van der Waals surface area contributed by atoms with Crippen LogP contribution in [0.4, 0.5) is 0 Å². The molecule has 0 unspecified atom stereocenters. The molecule has 0 fully saturated rings. The standard InChI is InChI=1S/C26H32BrN3O2/c1-5-7-11-31-23-14-20-21(15-24(23)32-12-8-6-2)29-26-25(28-20)19-13-18(27)9-10-22(19)30(26)16-17(3)4/h9-10,13-15,17H,5-8,11-12,16H2,1-4H3. The van der Waals surface area contributed by atoms with Crippen LogP contribution in [-0.4, -0.2) is 27.7 Å². The third-order valence-corrected chi connectivity index (χ3v) is 6.02. The fourth-order valence-corrected chi connectivity index (χ4v) is 4.26. The van der Waals surface area contributed by atoms with Gasteiger partial charge in [-0.05, 0) is 37.0 Å². The fraction of sp³-hybridized carbons (Fsp3) is 0.462. The number of ether oxygens (including phenoxy) is 2. The van der Waals surface area contributed by atoms with Crippen LogP contribution < -0.4 is 9.47 Å². The van der Waals surface area contributed by atoms with E-state index in [4.69, 9.17) is 19.4 Å². The van der Waals surface area contributed by atoms with Crippen molar-refractivity contribution in [2.45, 2.75) is 59.9 Å². The van der Waals surface area contributed by atoms with Gasteiger partial charge < -0.3 is 14.0 Å². The van der Waals surface area contributed by atoms with Crippen LogP contribution in [0.25, 0.3) is 33.1 Å². The molecule has 2 heterocycles. The molecule has 5 nitrogen and oxygen atoms in total. The molecule has 170 valence electrons. The highest BCUT2D eigenvalue weighted by molar-refractivity contribution is 9.10. The molecule has 4 rings (SSSR count). The van der Waals surface area contributed by atoms with Crippen molar-refractivity contribution in [2.24, 2.45) is 5.92 Å². The summed E-state index contributed by atoms with van der Waals surface area (Å²) in [5, 5.41) is 1.11. The van der Waals surface area contributed by atoms with Gasteiger partial charge in [-0.25, -0.2) is 9.97 Å². The number of nitrogens with zero attached hydrogens (tertiary/aromatic N) is 3. The van der Waals surface area contributed by atoms with E-state index in [0.29, 0.717) is 19.1 Å². The van der Waals surface area contributed by atoms with Crippen molar-refractivity contribution in [2.75, 3.05) is 13.2 Å². The maximum Gasteiger partial charge on any atom is 0.163 e. The maximum absolute atomic E-state index is 6.09. The molecule has 2 aromatic heterocycles. The second-order valence-corrected chi connectivity index (χ2v) is 9.67. The van der Waals surface area contributed by atoms with E-state index < -0.39 is 0 Å². The highest BCUT2D eigenvalue weighted by Gasteiger charge is 2.18. The van der Waals surface area contributed by atoms with E-state index in [1.54, 1.807) is 0 Å². The van der Waals surface area contributed by atoms with E-state index in [0.717, 1.165) is 81.3 Å². The van der Waals surface area contributed by atoms with E-state index in [1.165, 1.54) is 0 Å². The molecular weight excluding hydrogens is 466 g/mol. The first-order chi connectivity index (χ1) is 15.5. The summed E-state index contributed by atoms with van der Waals surface area (Å²) in [4.78, 5) is 10.1. The van der Waals surface area contributed by atoms with Gasteiger partial charge in [0.15, 0.2) is 17.1 Å². The van der Waals surface area contributed by atoms with Crippen molar-refractivity contribution >= 4 is 49.0 Å². The van der Waals surface area contributed by atoms with Crippen LogP contribution in [-0.2, 0) is 6.54 Å². The van der Waals surface area contributed by atoms with Gasteiger partial charge >= 0.3 is 0 Å². The van der Waals surface area contributed by atoms with Crippen molar-refractivity contribution in [3.8, 4) is 11.5 Å². The first kappa shape index (κ1) is 22.8. The Bertz CT molecular complexity index is 1230. The SMILES string of the molecule is CCCCOc1cc2nc3c4cc(Br)ccc4n(CC(C)C)c3nc2cc1OCCCC. The summed E-state index contributed by atoms with van der Waals surface area (Å²) in [6, 6.07) is 10.3. The number of rotatable bonds is 10. The number of halogens is 1. The van der Waals surface area contributed by atoms with E-state index in [2.05, 4.69) is 66.4 Å². The summed E-state index contributed by atoms with van der Waals surface area (Å²) in [5.41, 5.74) is 4.66. The Hall–Kier alpha value is -2.34. The zero-order chi connectivity index (χ0) is 22.7. The second kappa shape index (κ2) is 10.1. The van der Waals surface area contributed by atoms with E-state index in [-0.39, 0.29) is 0 Å². The van der Waals surface area contributed by atoms with Crippen LogP contribution in [0.15, 0.2) is 34.8 Å². The number of hydrogen-bond donors (Lipinski definition) is 0. The lowest BCUT2D eigenvalue weighted by molar-refractivity contribution is 0.262. The third kappa shape index (κ3) is 4.70. The summed E-state index contributed by atoms with van der Waals surface area (Å²) in [5.74, 6) is 2.00. The quantitative estimate of drug-likeness (QED) is 0.212. The van der Waals surface area contributed by atoms with Gasteiger partial charge in [-0.2, -0.15) is 0 Å². The summed E-state index contributed by atoms with van der Waals surface area (Å²) >= 11 is 3.62. The minimum absolute atomic E-state index is 0.497. The van der Waals surface area contributed by atoms with Crippen LogP contribution >= 0.6 is 15.9 Å². The minimum atomic E-state index is 0.497. The van der Waals surface area contributed by atoms with Crippen molar-refractivity contribution in [1.29, 1.82) is 0 Å². The number of aromatic nitrogens is 3. The normalized spacial score (nSPS) is 11.8.